The van der Waals surface area contributed by atoms with Crippen LogP contribution in [0.1, 0.15) is 84.0 Å². The van der Waals surface area contributed by atoms with Crippen LogP contribution < -0.4 is 15.0 Å². The molecule has 58 heavy (non-hydrogen) atoms. The van der Waals surface area contributed by atoms with Crippen LogP contribution in [0.5, 0.6) is 5.75 Å². The Kier molecular flexibility index (Phi) is 11.8. The fourth-order valence-electron chi connectivity index (χ4n) is 7.28. The van der Waals surface area contributed by atoms with Gasteiger partial charge in [-0.1, -0.05) is 63.6 Å². The Hall–Kier alpha value is -5.31. The molecule has 2 fully saturated rings. The lowest BCUT2D eigenvalue weighted by Crippen LogP contribution is -2.56. The van der Waals surface area contributed by atoms with Crippen molar-refractivity contribution in [1.29, 1.82) is 0 Å². The van der Waals surface area contributed by atoms with Gasteiger partial charge in [-0.2, -0.15) is 0 Å². The fraction of sp³-hybridized carbons (Fsp3) is 0.452. The van der Waals surface area contributed by atoms with E-state index in [2.05, 4.69) is 36.8 Å². The van der Waals surface area contributed by atoms with E-state index in [-0.39, 0.29) is 40.1 Å². The average molecular weight is 824 g/mol. The quantitative estimate of drug-likeness (QED) is 0.189. The number of likely N-dealkylation sites (tertiary alicyclic amines) is 1. The molecule has 310 valence electrons. The molecule has 0 saturated carbocycles. The van der Waals surface area contributed by atoms with E-state index >= 15 is 0 Å². The third-order valence-electron chi connectivity index (χ3n) is 9.93. The Bertz CT molecular complexity index is 2150. The molecule has 0 aliphatic carbocycles. The Morgan fingerprint density at radius 2 is 1.59 bits per heavy atom. The first-order valence-electron chi connectivity index (χ1n) is 19.1. The van der Waals surface area contributed by atoms with Crippen LogP contribution in [0.25, 0.3) is 22.4 Å². The minimum atomic E-state index is -5.08. The molecular weight excluding hydrogens is 775 g/mol. The van der Waals surface area contributed by atoms with Crippen molar-refractivity contribution >= 4 is 41.0 Å². The smallest absolute Gasteiger partial charge is 0.444 e. The van der Waals surface area contributed by atoms with Gasteiger partial charge in [-0.25, -0.2) is 14.8 Å². The monoisotopic (exact) mass is 823 g/mol. The van der Waals surface area contributed by atoms with Gasteiger partial charge in [0.05, 0.1) is 34.8 Å². The number of rotatable bonds is 7. The lowest BCUT2D eigenvalue weighted by Gasteiger charge is -2.42. The predicted molar refractivity (Wildman–Crippen MR) is 216 cm³/mol. The van der Waals surface area contributed by atoms with E-state index in [1.54, 1.807) is 47.5 Å². The number of carbonyl (C=O) groups excluding carboxylic acids is 3. The van der Waals surface area contributed by atoms with Gasteiger partial charge in [0.15, 0.2) is 0 Å². The number of amides is 3. The van der Waals surface area contributed by atoms with E-state index < -0.39 is 35.1 Å². The summed E-state index contributed by atoms with van der Waals surface area (Å²) in [4.78, 5) is 57.1. The Morgan fingerprint density at radius 3 is 2.19 bits per heavy atom. The molecule has 2 aromatic carbocycles. The fourth-order valence-corrected chi connectivity index (χ4v) is 7.60. The van der Waals surface area contributed by atoms with Crippen molar-refractivity contribution in [2.75, 3.05) is 36.4 Å². The summed E-state index contributed by atoms with van der Waals surface area (Å²) in [6, 6.07) is 12.0. The minimum Gasteiger partial charge on any atom is -0.444 e. The number of imidazole rings is 1. The van der Waals surface area contributed by atoms with Gasteiger partial charge >= 0.3 is 12.5 Å². The molecule has 3 amide bonds. The number of aromatic amines is 1. The zero-order valence-corrected chi connectivity index (χ0v) is 34.6. The van der Waals surface area contributed by atoms with Crippen LogP contribution in [0.3, 0.4) is 0 Å². The second kappa shape index (κ2) is 16.1. The normalized spacial score (nSPS) is 19.0. The van der Waals surface area contributed by atoms with Gasteiger partial charge in [-0.3, -0.25) is 14.5 Å². The van der Waals surface area contributed by atoms with Crippen LogP contribution in [0.15, 0.2) is 60.9 Å². The number of piperazine rings is 1. The molecule has 2 aromatic heterocycles. The van der Waals surface area contributed by atoms with Crippen LogP contribution in [-0.4, -0.2) is 86.8 Å². The topological polar surface area (TPSA) is 133 Å². The second-order valence-corrected chi connectivity index (χ2v) is 17.4. The van der Waals surface area contributed by atoms with Gasteiger partial charge in [0.1, 0.15) is 23.0 Å². The molecule has 2 aliphatic rings. The average Bonchev–Trinajstić information content (AvgIpc) is 3.77. The predicted octanol–water partition coefficient (Wildman–Crippen LogP) is 9.34. The van der Waals surface area contributed by atoms with Crippen LogP contribution in [0.4, 0.5) is 29.5 Å². The van der Waals surface area contributed by atoms with Crippen molar-refractivity contribution in [3.63, 3.8) is 0 Å². The van der Waals surface area contributed by atoms with E-state index in [0.29, 0.717) is 66.8 Å². The Morgan fingerprint density at radius 1 is 0.897 bits per heavy atom. The van der Waals surface area contributed by atoms with Gasteiger partial charge in [0, 0.05) is 48.8 Å². The molecule has 3 atom stereocenters. The van der Waals surface area contributed by atoms with Gasteiger partial charge in [-0.05, 0) is 75.4 Å². The summed E-state index contributed by atoms with van der Waals surface area (Å²) in [7, 11) is 0. The molecule has 2 saturated heterocycles. The number of benzene rings is 2. The van der Waals surface area contributed by atoms with Gasteiger partial charge in [-0.15, -0.1) is 13.2 Å². The molecule has 0 spiro atoms. The highest BCUT2D eigenvalue weighted by molar-refractivity contribution is 6.34. The number of H-pyrrole nitrogens is 1. The number of anilines is 2. The lowest BCUT2D eigenvalue weighted by molar-refractivity contribution is -0.274. The third kappa shape index (κ3) is 9.86. The number of nitrogens with one attached hydrogen (secondary N) is 2. The maximum atomic E-state index is 13.7. The summed E-state index contributed by atoms with van der Waals surface area (Å²) in [5.74, 6) is 0.213. The number of hydrogen-bond donors (Lipinski definition) is 2. The number of halogens is 4. The van der Waals surface area contributed by atoms with E-state index in [1.807, 2.05) is 53.4 Å². The first-order valence-corrected chi connectivity index (χ1v) is 19.5. The first kappa shape index (κ1) is 42.3. The highest BCUT2D eigenvalue weighted by Crippen LogP contribution is 2.42. The molecule has 16 heteroatoms. The second-order valence-electron chi connectivity index (χ2n) is 17.0. The molecular formula is C42H49ClF3N7O5. The molecule has 4 heterocycles. The Labute approximate surface area is 341 Å². The zero-order valence-electron chi connectivity index (χ0n) is 33.8. The van der Waals surface area contributed by atoms with Crippen molar-refractivity contribution in [3.05, 3.63) is 77.3 Å². The van der Waals surface area contributed by atoms with Crippen LogP contribution in [-0.2, 0) is 9.53 Å². The van der Waals surface area contributed by atoms with Crippen LogP contribution in [0.2, 0.25) is 5.02 Å². The van der Waals surface area contributed by atoms with E-state index in [9.17, 15) is 27.6 Å². The maximum Gasteiger partial charge on any atom is 0.573 e. The standard InChI is InChI=1S/C42H49ClF3N7O5/c1-24-17-32(53(22-24)39(56)58-41(6,7)8)36-48-21-31(50-36)26-9-11-27(12-10-26)35-30(43)18-28(19-33(35)57-42(44,45)46)37(54)49-29-13-14-34(47-20-29)52-16-15-51(23-25(52)2)38(55)40(3,4)5/h9-14,18-21,24-25,32H,15-17,22-23H2,1-8H3,(H,48,50)(H,49,54)/t24?,25-,32?/m1/s1. The zero-order chi connectivity index (χ0) is 42.3. The molecule has 4 aromatic rings. The van der Waals surface area contributed by atoms with Crippen molar-refractivity contribution in [1.82, 2.24) is 24.8 Å². The van der Waals surface area contributed by atoms with Crippen LogP contribution >= 0.6 is 11.6 Å². The summed E-state index contributed by atoms with van der Waals surface area (Å²) in [5.41, 5.74) is 0.629. The number of hydrogen-bond acceptors (Lipinski definition) is 8. The molecule has 2 N–H and O–H groups in total. The summed E-state index contributed by atoms with van der Waals surface area (Å²) in [5, 5.41) is 2.55. The minimum absolute atomic E-state index is 0.000396. The lowest BCUT2D eigenvalue weighted by atomic mass is 9.94. The highest BCUT2D eigenvalue weighted by Gasteiger charge is 2.39. The molecule has 0 radical (unpaired) electrons. The number of nitrogens with zero attached hydrogens (tertiary/aromatic N) is 5. The molecule has 6 rings (SSSR count). The van der Waals surface area contributed by atoms with Gasteiger partial charge < -0.3 is 29.6 Å². The highest BCUT2D eigenvalue weighted by atomic mass is 35.5. The molecule has 12 nitrogen and oxygen atoms in total. The maximum absolute atomic E-state index is 13.7. The van der Waals surface area contributed by atoms with E-state index in [0.717, 1.165) is 6.07 Å². The third-order valence-corrected chi connectivity index (χ3v) is 10.2. The van der Waals surface area contributed by atoms with Gasteiger partial charge in [0.2, 0.25) is 5.91 Å². The van der Waals surface area contributed by atoms with Crippen LogP contribution in [0, 0.1) is 11.3 Å². The molecule has 0 bridgehead atoms. The SMILES string of the molecule is CC1CC(c2ncc(-c3ccc(-c4c(Cl)cc(C(=O)Nc5ccc(N6CCN(C(=O)C(C)(C)C)C[C@H]6C)nc5)cc4OC(F)(F)F)cc3)[nH]2)N(C(=O)OC(C)(C)C)C1. The van der Waals surface area contributed by atoms with Crippen molar-refractivity contribution in [2.45, 2.75) is 85.9 Å². The number of alkyl halides is 3. The number of aromatic nitrogens is 3. The number of pyridine rings is 1. The summed E-state index contributed by atoms with van der Waals surface area (Å²) in [6.07, 6.45) is -1.69. The number of carbonyl (C=O) groups is 3. The van der Waals surface area contributed by atoms with Crippen molar-refractivity contribution < 1.29 is 37.0 Å². The van der Waals surface area contributed by atoms with E-state index in [1.165, 1.54) is 12.3 Å². The van der Waals surface area contributed by atoms with Crippen molar-refractivity contribution in [3.8, 4) is 28.1 Å². The van der Waals surface area contributed by atoms with Crippen molar-refractivity contribution in [2.24, 2.45) is 11.3 Å². The summed E-state index contributed by atoms with van der Waals surface area (Å²) >= 11 is 6.62. The first-order chi connectivity index (χ1) is 27.1. The van der Waals surface area contributed by atoms with Gasteiger partial charge in [0.25, 0.3) is 5.91 Å². The summed E-state index contributed by atoms with van der Waals surface area (Å²) < 4.78 is 51.3. The molecule has 2 aliphatic heterocycles. The number of ether oxygens (including phenoxy) is 2. The summed E-state index contributed by atoms with van der Waals surface area (Å²) in [6.45, 7) is 17.4. The largest absolute Gasteiger partial charge is 0.573 e. The Balaban J connectivity index is 1.17. The van der Waals surface area contributed by atoms with E-state index in [4.69, 9.17) is 16.3 Å². The molecule has 2 unspecified atom stereocenters.